The molecule has 1 atom stereocenters. The number of hydrogen-bond acceptors (Lipinski definition) is 4. The van der Waals surface area contributed by atoms with Gasteiger partial charge in [-0.05, 0) is 43.7 Å². The minimum absolute atomic E-state index is 0.0214. The Balaban J connectivity index is 1.36. The van der Waals surface area contributed by atoms with Crippen LogP contribution in [0.5, 0.6) is 0 Å². The molecule has 0 bridgehead atoms. The first-order valence-corrected chi connectivity index (χ1v) is 9.93. The summed E-state index contributed by atoms with van der Waals surface area (Å²) in [6.07, 6.45) is 4.96. The number of likely N-dealkylation sites (tertiary alicyclic amines) is 1. The largest absolute Gasteiger partial charge is 0.459 e. The molecule has 1 unspecified atom stereocenters. The molecular weight excluding hydrogens is 346 g/mol. The van der Waals surface area contributed by atoms with E-state index in [2.05, 4.69) is 6.92 Å². The fourth-order valence-electron chi connectivity index (χ4n) is 4.29. The summed E-state index contributed by atoms with van der Waals surface area (Å²) in [6.45, 7) is 5.57. The Labute approximate surface area is 159 Å². The zero-order chi connectivity index (χ0) is 19.0. The maximum atomic E-state index is 13.1. The van der Waals surface area contributed by atoms with Gasteiger partial charge in [-0.15, -0.1) is 0 Å². The molecule has 1 aromatic rings. The van der Waals surface area contributed by atoms with Crippen LogP contribution in [-0.4, -0.2) is 71.7 Å². The first kappa shape index (κ1) is 18.1. The number of carbonyl (C=O) groups is 3. The highest BCUT2D eigenvalue weighted by atomic mass is 16.3. The first-order valence-electron chi connectivity index (χ1n) is 9.93. The van der Waals surface area contributed by atoms with Crippen LogP contribution in [0, 0.1) is 11.3 Å². The molecule has 27 heavy (non-hydrogen) atoms. The third-order valence-corrected chi connectivity index (χ3v) is 6.10. The Kier molecular flexibility index (Phi) is 4.70. The van der Waals surface area contributed by atoms with Crippen molar-refractivity contribution in [3.63, 3.8) is 0 Å². The highest BCUT2D eigenvalue weighted by Crippen LogP contribution is 2.49. The van der Waals surface area contributed by atoms with Gasteiger partial charge in [0.15, 0.2) is 5.76 Å². The number of amides is 3. The number of furan rings is 1. The molecule has 7 heteroatoms. The lowest BCUT2D eigenvalue weighted by atomic mass is 9.96. The van der Waals surface area contributed by atoms with Gasteiger partial charge in [0.25, 0.3) is 5.91 Å². The highest BCUT2D eigenvalue weighted by Gasteiger charge is 2.59. The average molecular weight is 373 g/mol. The molecule has 0 radical (unpaired) electrons. The summed E-state index contributed by atoms with van der Waals surface area (Å²) in [5, 5.41) is 0. The Morgan fingerprint density at radius 1 is 1.00 bits per heavy atom. The van der Waals surface area contributed by atoms with Crippen molar-refractivity contribution < 1.29 is 18.8 Å². The van der Waals surface area contributed by atoms with Gasteiger partial charge in [0, 0.05) is 39.3 Å². The fraction of sp³-hybridized carbons (Fsp3) is 0.650. The van der Waals surface area contributed by atoms with Gasteiger partial charge in [0.05, 0.1) is 6.26 Å². The van der Waals surface area contributed by atoms with E-state index in [0.717, 1.165) is 25.9 Å². The van der Waals surface area contributed by atoms with Crippen molar-refractivity contribution in [2.45, 2.75) is 32.6 Å². The van der Waals surface area contributed by atoms with Gasteiger partial charge in [-0.2, -0.15) is 0 Å². The van der Waals surface area contributed by atoms with Crippen molar-refractivity contribution in [2.24, 2.45) is 11.3 Å². The molecule has 3 fully saturated rings. The van der Waals surface area contributed by atoms with E-state index in [0.29, 0.717) is 50.7 Å². The summed E-state index contributed by atoms with van der Waals surface area (Å²) >= 11 is 0. The molecule has 0 spiro atoms. The lowest BCUT2D eigenvalue weighted by Crippen LogP contribution is -2.55. The second kappa shape index (κ2) is 7.02. The molecule has 7 nitrogen and oxygen atoms in total. The number of piperidine rings is 1. The van der Waals surface area contributed by atoms with Gasteiger partial charge >= 0.3 is 0 Å². The van der Waals surface area contributed by atoms with Crippen molar-refractivity contribution in [1.82, 2.24) is 14.7 Å². The van der Waals surface area contributed by atoms with E-state index in [1.807, 2.05) is 4.90 Å². The van der Waals surface area contributed by atoms with Crippen LogP contribution < -0.4 is 0 Å². The molecule has 1 saturated carbocycles. The smallest absolute Gasteiger partial charge is 0.289 e. The Bertz CT molecular complexity index is 718. The van der Waals surface area contributed by atoms with Crippen molar-refractivity contribution in [3.05, 3.63) is 24.2 Å². The summed E-state index contributed by atoms with van der Waals surface area (Å²) in [4.78, 5) is 43.9. The maximum absolute atomic E-state index is 13.1. The molecule has 2 saturated heterocycles. The first-order chi connectivity index (χ1) is 13.0. The van der Waals surface area contributed by atoms with E-state index in [4.69, 9.17) is 4.42 Å². The van der Waals surface area contributed by atoms with Crippen molar-refractivity contribution in [1.29, 1.82) is 0 Å². The normalized spacial score (nSPS) is 24.6. The van der Waals surface area contributed by atoms with E-state index in [1.165, 1.54) is 6.26 Å². The predicted molar refractivity (Wildman–Crippen MR) is 97.8 cm³/mol. The quantitative estimate of drug-likeness (QED) is 0.755. The second-order valence-electron chi connectivity index (χ2n) is 8.14. The van der Waals surface area contributed by atoms with Gasteiger partial charge in [0.2, 0.25) is 11.8 Å². The third kappa shape index (κ3) is 3.35. The predicted octanol–water partition coefficient (Wildman–Crippen LogP) is 1.60. The summed E-state index contributed by atoms with van der Waals surface area (Å²) < 4.78 is 5.17. The highest BCUT2D eigenvalue weighted by molar-refractivity contribution is 6.08. The van der Waals surface area contributed by atoms with Gasteiger partial charge in [0.1, 0.15) is 5.41 Å². The van der Waals surface area contributed by atoms with Crippen LogP contribution in [0.2, 0.25) is 0 Å². The van der Waals surface area contributed by atoms with Gasteiger partial charge in [-0.3, -0.25) is 14.4 Å². The Hall–Kier alpha value is -2.31. The zero-order valence-electron chi connectivity index (χ0n) is 15.9. The molecular formula is C20H27N3O4. The van der Waals surface area contributed by atoms with Crippen LogP contribution in [0.25, 0.3) is 0 Å². The Morgan fingerprint density at radius 2 is 1.67 bits per heavy atom. The molecule has 1 aromatic heterocycles. The van der Waals surface area contributed by atoms with E-state index in [9.17, 15) is 14.4 Å². The van der Waals surface area contributed by atoms with Crippen molar-refractivity contribution >= 4 is 17.7 Å². The molecule has 2 aliphatic heterocycles. The molecule has 146 valence electrons. The standard InChI is InChI=1S/C20H27N3O4/c1-15-4-2-8-23(14-15)19(26)20(6-7-20)18(25)22-11-9-21(10-12-22)17(24)16-5-3-13-27-16/h3,5,13,15H,2,4,6-12,14H2,1H3. The molecule has 0 aromatic carbocycles. The molecule has 3 heterocycles. The minimum Gasteiger partial charge on any atom is -0.459 e. The molecule has 3 aliphatic rings. The summed E-state index contributed by atoms with van der Waals surface area (Å²) in [6, 6.07) is 3.34. The van der Waals surface area contributed by atoms with Gasteiger partial charge in [-0.1, -0.05) is 6.92 Å². The van der Waals surface area contributed by atoms with Crippen LogP contribution in [0.4, 0.5) is 0 Å². The van der Waals surface area contributed by atoms with E-state index in [1.54, 1.807) is 21.9 Å². The van der Waals surface area contributed by atoms with E-state index < -0.39 is 5.41 Å². The monoisotopic (exact) mass is 373 g/mol. The molecule has 3 amide bonds. The van der Waals surface area contributed by atoms with E-state index >= 15 is 0 Å². The fourth-order valence-corrected chi connectivity index (χ4v) is 4.29. The van der Waals surface area contributed by atoms with Crippen LogP contribution in [0.1, 0.15) is 43.2 Å². The number of hydrogen-bond donors (Lipinski definition) is 0. The lowest BCUT2D eigenvalue weighted by Gasteiger charge is -2.38. The van der Waals surface area contributed by atoms with Crippen molar-refractivity contribution in [3.8, 4) is 0 Å². The number of carbonyl (C=O) groups excluding carboxylic acids is 3. The maximum Gasteiger partial charge on any atom is 0.289 e. The van der Waals surface area contributed by atoms with Gasteiger partial charge < -0.3 is 19.1 Å². The second-order valence-corrected chi connectivity index (χ2v) is 8.14. The SMILES string of the molecule is CC1CCCN(C(=O)C2(C(=O)N3CCN(C(=O)c4ccco4)CC3)CC2)C1. The van der Waals surface area contributed by atoms with Crippen LogP contribution in [0.15, 0.2) is 22.8 Å². The topological polar surface area (TPSA) is 74.1 Å². The lowest BCUT2D eigenvalue weighted by molar-refractivity contribution is -0.151. The number of rotatable bonds is 3. The van der Waals surface area contributed by atoms with Crippen LogP contribution in [-0.2, 0) is 9.59 Å². The van der Waals surface area contributed by atoms with Crippen LogP contribution >= 0.6 is 0 Å². The van der Waals surface area contributed by atoms with E-state index in [-0.39, 0.29) is 17.7 Å². The number of nitrogens with zero attached hydrogens (tertiary/aromatic N) is 3. The van der Waals surface area contributed by atoms with Crippen molar-refractivity contribution in [2.75, 3.05) is 39.3 Å². The summed E-state index contributed by atoms with van der Waals surface area (Å²) in [5.41, 5.74) is -0.829. The molecule has 1 aliphatic carbocycles. The zero-order valence-corrected chi connectivity index (χ0v) is 15.9. The average Bonchev–Trinajstić information content (AvgIpc) is 3.32. The van der Waals surface area contributed by atoms with Gasteiger partial charge in [-0.25, -0.2) is 0 Å². The van der Waals surface area contributed by atoms with Crippen LogP contribution in [0.3, 0.4) is 0 Å². The number of piperazine rings is 1. The Morgan fingerprint density at radius 3 is 2.26 bits per heavy atom. The molecule has 4 rings (SSSR count). The molecule has 0 N–H and O–H groups in total. The third-order valence-electron chi connectivity index (χ3n) is 6.10. The minimum atomic E-state index is -0.829. The summed E-state index contributed by atoms with van der Waals surface area (Å²) in [5.74, 6) is 0.656. The summed E-state index contributed by atoms with van der Waals surface area (Å²) in [7, 11) is 0.